The molecule has 1 aliphatic rings. The molecule has 0 radical (unpaired) electrons. The Morgan fingerprint density at radius 3 is 2.86 bits per heavy atom. The third-order valence-electron chi connectivity index (χ3n) is 3.31. The zero-order valence-electron chi connectivity index (χ0n) is 11.6. The lowest BCUT2D eigenvalue weighted by atomic mass is 10.2. The Labute approximate surface area is 121 Å². The normalized spacial score (nSPS) is 17.5. The largest absolute Gasteiger partial charge is 0.478 e. The quantitative estimate of drug-likeness (QED) is 0.892. The van der Waals surface area contributed by atoms with E-state index in [1.165, 1.54) is 17.0 Å². The molecule has 0 aromatic heterocycles. The van der Waals surface area contributed by atoms with Gasteiger partial charge >= 0.3 is 12.0 Å². The zero-order chi connectivity index (χ0) is 15.4. The molecule has 21 heavy (non-hydrogen) atoms. The molecule has 1 unspecified atom stereocenters. The first-order chi connectivity index (χ1) is 9.97. The predicted molar refractivity (Wildman–Crippen MR) is 74.0 cm³/mol. The number of aromatic carboxylic acids is 1. The minimum atomic E-state index is -1.22. The number of carbonyl (C=O) groups excluding carboxylic acids is 1. The molecule has 1 saturated heterocycles. The van der Waals surface area contributed by atoms with Crippen LogP contribution in [0.1, 0.15) is 23.2 Å². The lowest BCUT2D eigenvalue weighted by Gasteiger charge is -2.21. The number of urea groups is 1. The fraction of sp³-hybridized carbons (Fsp3) is 0.429. The van der Waals surface area contributed by atoms with Crippen LogP contribution in [-0.2, 0) is 4.74 Å². The SMILES string of the molecule is CN(CC1CCCO1)C(=O)Nc1ccc(C(=O)O)cc1F. The van der Waals surface area contributed by atoms with Crippen molar-refractivity contribution < 1.29 is 23.8 Å². The highest BCUT2D eigenvalue weighted by atomic mass is 19.1. The van der Waals surface area contributed by atoms with Crippen LogP contribution < -0.4 is 5.32 Å². The van der Waals surface area contributed by atoms with E-state index >= 15 is 0 Å². The Bertz CT molecular complexity index is 544. The van der Waals surface area contributed by atoms with Gasteiger partial charge < -0.3 is 20.1 Å². The van der Waals surface area contributed by atoms with E-state index in [4.69, 9.17) is 9.84 Å². The van der Waals surface area contributed by atoms with Crippen LogP contribution in [0.4, 0.5) is 14.9 Å². The summed E-state index contributed by atoms with van der Waals surface area (Å²) in [5, 5.41) is 11.2. The Morgan fingerprint density at radius 2 is 2.29 bits per heavy atom. The predicted octanol–water partition coefficient (Wildman–Crippen LogP) is 2.17. The highest BCUT2D eigenvalue weighted by Gasteiger charge is 2.20. The number of nitrogens with zero attached hydrogens (tertiary/aromatic N) is 1. The molecular weight excluding hydrogens is 279 g/mol. The van der Waals surface area contributed by atoms with Crippen molar-refractivity contribution in [3.8, 4) is 0 Å². The summed E-state index contributed by atoms with van der Waals surface area (Å²) in [6.45, 7) is 1.13. The topological polar surface area (TPSA) is 78.9 Å². The van der Waals surface area contributed by atoms with E-state index in [0.29, 0.717) is 13.2 Å². The van der Waals surface area contributed by atoms with Gasteiger partial charge in [0, 0.05) is 20.2 Å². The summed E-state index contributed by atoms with van der Waals surface area (Å²) in [5.41, 5.74) is -0.220. The molecule has 6 nitrogen and oxygen atoms in total. The third kappa shape index (κ3) is 3.91. The molecule has 2 amide bonds. The van der Waals surface area contributed by atoms with Crippen LogP contribution in [-0.4, -0.2) is 48.3 Å². The van der Waals surface area contributed by atoms with Crippen molar-refractivity contribution in [3.05, 3.63) is 29.6 Å². The lowest BCUT2D eigenvalue weighted by Crippen LogP contribution is -2.37. The van der Waals surface area contributed by atoms with E-state index in [2.05, 4.69) is 5.32 Å². The maximum absolute atomic E-state index is 13.7. The molecule has 0 spiro atoms. The van der Waals surface area contributed by atoms with Gasteiger partial charge in [0.25, 0.3) is 0 Å². The van der Waals surface area contributed by atoms with Gasteiger partial charge in [-0.3, -0.25) is 0 Å². The van der Waals surface area contributed by atoms with Crippen molar-refractivity contribution in [2.45, 2.75) is 18.9 Å². The smallest absolute Gasteiger partial charge is 0.335 e. The maximum atomic E-state index is 13.7. The Balaban J connectivity index is 1.96. The van der Waals surface area contributed by atoms with Gasteiger partial charge in [-0.25, -0.2) is 14.0 Å². The minimum Gasteiger partial charge on any atom is -0.478 e. The highest BCUT2D eigenvalue weighted by molar-refractivity contribution is 5.91. The first-order valence-electron chi connectivity index (χ1n) is 6.64. The highest BCUT2D eigenvalue weighted by Crippen LogP contribution is 2.17. The van der Waals surface area contributed by atoms with E-state index in [1.54, 1.807) is 7.05 Å². The number of amides is 2. The molecule has 1 fully saturated rings. The fourth-order valence-corrected chi connectivity index (χ4v) is 2.14. The number of rotatable bonds is 4. The van der Waals surface area contributed by atoms with Gasteiger partial charge in [0.05, 0.1) is 17.4 Å². The van der Waals surface area contributed by atoms with E-state index in [1.807, 2.05) is 0 Å². The average molecular weight is 296 g/mol. The Kier molecular flexibility index (Phi) is 4.74. The number of nitrogens with one attached hydrogen (secondary N) is 1. The summed E-state index contributed by atoms with van der Waals surface area (Å²) in [6.07, 6.45) is 1.89. The van der Waals surface area contributed by atoms with Crippen LogP contribution in [0.15, 0.2) is 18.2 Å². The van der Waals surface area contributed by atoms with Gasteiger partial charge in [-0.05, 0) is 31.0 Å². The third-order valence-corrected chi connectivity index (χ3v) is 3.31. The summed E-state index contributed by atoms with van der Waals surface area (Å²) in [5.74, 6) is -2.00. The van der Waals surface area contributed by atoms with Crippen molar-refractivity contribution in [1.82, 2.24) is 4.90 Å². The first kappa shape index (κ1) is 15.2. The number of hydrogen-bond acceptors (Lipinski definition) is 3. The minimum absolute atomic E-state index is 0.0139. The molecule has 0 saturated carbocycles. The van der Waals surface area contributed by atoms with Crippen molar-refractivity contribution in [2.24, 2.45) is 0 Å². The molecule has 2 rings (SSSR count). The van der Waals surface area contributed by atoms with Crippen LogP contribution >= 0.6 is 0 Å². The van der Waals surface area contributed by atoms with Gasteiger partial charge in [-0.15, -0.1) is 0 Å². The summed E-state index contributed by atoms with van der Waals surface area (Å²) >= 11 is 0. The van der Waals surface area contributed by atoms with E-state index in [9.17, 15) is 14.0 Å². The van der Waals surface area contributed by atoms with E-state index < -0.39 is 17.8 Å². The second-order valence-electron chi connectivity index (χ2n) is 4.95. The number of hydrogen-bond donors (Lipinski definition) is 2. The van der Waals surface area contributed by atoms with Gasteiger partial charge in [-0.1, -0.05) is 0 Å². The molecular formula is C14H17FN2O4. The van der Waals surface area contributed by atoms with Crippen LogP contribution in [0.25, 0.3) is 0 Å². The molecule has 1 aromatic carbocycles. The molecule has 114 valence electrons. The lowest BCUT2D eigenvalue weighted by molar-refractivity contribution is 0.0696. The molecule has 1 heterocycles. The Morgan fingerprint density at radius 1 is 1.52 bits per heavy atom. The summed E-state index contributed by atoms with van der Waals surface area (Å²) in [4.78, 5) is 24.1. The van der Waals surface area contributed by atoms with Crippen LogP contribution in [0.5, 0.6) is 0 Å². The Hall–Kier alpha value is -2.15. The molecule has 1 aliphatic heterocycles. The number of likely N-dealkylation sites (N-methyl/N-ethyl adjacent to an activating group) is 1. The van der Waals surface area contributed by atoms with Crippen molar-refractivity contribution in [2.75, 3.05) is 25.5 Å². The molecule has 7 heteroatoms. The molecule has 1 aromatic rings. The number of carboxylic acid groups (broad SMARTS) is 1. The number of benzene rings is 1. The van der Waals surface area contributed by atoms with Gasteiger partial charge in [0.1, 0.15) is 5.82 Å². The number of ether oxygens (including phenoxy) is 1. The average Bonchev–Trinajstić information content (AvgIpc) is 2.93. The fourth-order valence-electron chi connectivity index (χ4n) is 2.14. The van der Waals surface area contributed by atoms with Gasteiger partial charge in [-0.2, -0.15) is 0 Å². The van der Waals surface area contributed by atoms with Crippen molar-refractivity contribution in [1.29, 1.82) is 0 Å². The van der Waals surface area contributed by atoms with E-state index in [-0.39, 0.29) is 17.4 Å². The number of halogens is 1. The van der Waals surface area contributed by atoms with Crippen LogP contribution in [0.3, 0.4) is 0 Å². The van der Waals surface area contributed by atoms with Crippen LogP contribution in [0, 0.1) is 5.82 Å². The number of carbonyl (C=O) groups is 2. The van der Waals surface area contributed by atoms with Crippen molar-refractivity contribution in [3.63, 3.8) is 0 Å². The second kappa shape index (κ2) is 6.53. The standard InChI is InChI=1S/C14H17FN2O4/c1-17(8-10-3-2-6-21-10)14(20)16-12-5-4-9(13(18)19)7-11(12)15/h4-5,7,10H,2-3,6,8H2,1H3,(H,16,20)(H,18,19). The van der Waals surface area contributed by atoms with Crippen LogP contribution in [0.2, 0.25) is 0 Å². The summed E-state index contributed by atoms with van der Waals surface area (Å²) in [7, 11) is 1.60. The molecule has 0 aliphatic carbocycles. The zero-order valence-corrected chi connectivity index (χ0v) is 11.6. The van der Waals surface area contributed by atoms with Gasteiger partial charge in [0.15, 0.2) is 0 Å². The van der Waals surface area contributed by atoms with Gasteiger partial charge in [0.2, 0.25) is 0 Å². The summed E-state index contributed by atoms with van der Waals surface area (Å²) in [6, 6.07) is 2.88. The maximum Gasteiger partial charge on any atom is 0.335 e. The van der Waals surface area contributed by atoms with E-state index in [0.717, 1.165) is 18.9 Å². The van der Waals surface area contributed by atoms with Crippen molar-refractivity contribution >= 4 is 17.7 Å². The molecule has 1 atom stereocenters. The number of carboxylic acids is 1. The molecule has 0 bridgehead atoms. The monoisotopic (exact) mass is 296 g/mol. The summed E-state index contributed by atoms with van der Waals surface area (Å²) < 4.78 is 19.1. The second-order valence-corrected chi connectivity index (χ2v) is 4.95. The molecule has 2 N–H and O–H groups in total. The first-order valence-corrected chi connectivity index (χ1v) is 6.64. The number of anilines is 1.